The minimum atomic E-state index is -0.953. The van der Waals surface area contributed by atoms with Crippen molar-refractivity contribution in [2.75, 3.05) is 5.73 Å². The van der Waals surface area contributed by atoms with E-state index in [4.69, 9.17) is 10.8 Å². The van der Waals surface area contributed by atoms with Crippen LogP contribution in [0.1, 0.15) is 10.4 Å². The number of aromatic amines is 1. The summed E-state index contributed by atoms with van der Waals surface area (Å²) < 4.78 is 0. The average molecular weight is 279 g/mol. The molecule has 104 valence electrons. The lowest BCUT2D eigenvalue weighted by Crippen LogP contribution is -1.95. The van der Waals surface area contributed by atoms with Crippen molar-refractivity contribution in [1.82, 2.24) is 10.2 Å². The van der Waals surface area contributed by atoms with Crippen LogP contribution in [0, 0.1) is 0 Å². The van der Waals surface area contributed by atoms with Gasteiger partial charge >= 0.3 is 5.97 Å². The van der Waals surface area contributed by atoms with Crippen LogP contribution in [-0.4, -0.2) is 21.3 Å². The molecule has 21 heavy (non-hydrogen) atoms. The quantitative estimate of drug-likeness (QED) is 0.642. The lowest BCUT2D eigenvalue weighted by atomic mass is 10.1. The molecule has 0 aliphatic rings. The first-order valence-corrected chi connectivity index (χ1v) is 6.38. The Morgan fingerprint density at radius 1 is 1.05 bits per heavy atom. The first-order valence-electron chi connectivity index (χ1n) is 6.38. The van der Waals surface area contributed by atoms with Gasteiger partial charge in [-0.25, -0.2) is 4.79 Å². The number of nitrogens with two attached hydrogens (primary N) is 1. The Hall–Kier alpha value is -3.08. The van der Waals surface area contributed by atoms with Crippen molar-refractivity contribution in [3.8, 4) is 22.5 Å². The predicted octanol–water partition coefficient (Wildman–Crippen LogP) is 3.02. The van der Waals surface area contributed by atoms with Gasteiger partial charge in [-0.2, -0.15) is 5.10 Å². The predicted molar refractivity (Wildman–Crippen MR) is 80.8 cm³/mol. The molecule has 0 amide bonds. The van der Waals surface area contributed by atoms with Crippen LogP contribution in [0.2, 0.25) is 0 Å². The molecule has 1 heterocycles. The first-order chi connectivity index (χ1) is 10.1. The average Bonchev–Trinajstić information content (AvgIpc) is 2.98. The van der Waals surface area contributed by atoms with Crippen molar-refractivity contribution < 1.29 is 9.90 Å². The zero-order valence-electron chi connectivity index (χ0n) is 11.1. The van der Waals surface area contributed by atoms with Gasteiger partial charge in [0.1, 0.15) is 0 Å². The van der Waals surface area contributed by atoms with Crippen LogP contribution < -0.4 is 5.73 Å². The number of nitrogen functional groups attached to an aromatic ring is 1. The molecule has 0 atom stereocenters. The standard InChI is InChI=1S/C16H13N3O2/c17-13-6-4-10(5-7-13)14-9-15(19-18-14)11-2-1-3-12(8-11)16(20)21/h1-9H,17H2,(H,18,19)(H,20,21). The van der Waals surface area contributed by atoms with Gasteiger partial charge in [0.15, 0.2) is 0 Å². The number of hydrogen-bond acceptors (Lipinski definition) is 3. The summed E-state index contributed by atoms with van der Waals surface area (Å²) in [5, 5.41) is 16.2. The van der Waals surface area contributed by atoms with E-state index < -0.39 is 5.97 Å². The van der Waals surface area contributed by atoms with Gasteiger partial charge in [0, 0.05) is 11.3 Å². The van der Waals surface area contributed by atoms with E-state index in [1.165, 1.54) is 0 Å². The molecule has 0 unspecified atom stereocenters. The highest BCUT2D eigenvalue weighted by molar-refractivity contribution is 5.89. The van der Waals surface area contributed by atoms with Crippen molar-refractivity contribution in [1.29, 1.82) is 0 Å². The highest BCUT2D eigenvalue weighted by atomic mass is 16.4. The fraction of sp³-hybridized carbons (Fsp3) is 0. The number of H-pyrrole nitrogens is 1. The topological polar surface area (TPSA) is 92.0 Å². The molecule has 4 N–H and O–H groups in total. The number of aromatic carboxylic acids is 1. The lowest BCUT2D eigenvalue weighted by molar-refractivity contribution is 0.0697. The third kappa shape index (κ3) is 2.62. The number of benzene rings is 2. The van der Waals surface area contributed by atoms with Crippen molar-refractivity contribution in [3.63, 3.8) is 0 Å². The number of nitrogens with one attached hydrogen (secondary N) is 1. The third-order valence-electron chi connectivity index (χ3n) is 3.20. The molecule has 3 rings (SSSR count). The fourth-order valence-electron chi connectivity index (χ4n) is 2.09. The van der Waals surface area contributed by atoms with E-state index in [1.807, 2.05) is 36.4 Å². The van der Waals surface area contributed by atoms with Gasteiger partial charge in [-0.3, -0.25) is 5.10 Å². The van der Waals surface area contributed by atoms with Crippen molar-refractivity contribution in [2.24, 2.45) is 0 Å². The number of carboxylic acids is 1. The summed E-state index contributed by atoms with van der Waals surface area (Å²) in [6.07, 6.45) is 0. The Labute approximate surface area is 121 Å². The summed E-state index contributed by atoms with van der Waals surface area (Å²) in [6, 6.07) is 16.0. The van der Waals surface area contributed by atoms with Gasteiger partial charge in [-0.1, -0.05) is 24.3 Å². The van der Waals surface area contributed by atoms with Gasteiger partial charge in [-0.15, -0.1) is 0 Å². The Balaban J connectivity index is 1.96. The van der Waals surface area contributed by atoms with Gasteiger partial charge < -0.3 is 10.8 Å². The smallest absolute Gasteiger partial charge is 0.335 e. The van der Waals surface area contributed by atoms with Crippen molar-refractivity contribution >= 4 is 11.7 Å². The van der Waals surface area contributed by atoms with E-state index in [1.54, 1.807) is 18.2 Å². The molecule has 0 aliphatic heterocycles. The normalized spacial score (nSPS) is 10.5. The Kier molecular flexibility index (Phi) is 3.16. The van der Waals surface area contributed by atoms with Crippen molar-refractivity contribution in [2.45, 2.75) is 0 Å². The molecule has 1 aromatic heterocycles. The molecule has 0 aliphatic carbocycles. The summed E-state index contributed by atoms with van der Waals surface area (Å²) >= 11 is 0. The minimum Gasteiger partial charge on any atom is -0.478 e. The maximum atomic E-state index is 11.0. The summed E-state index contributed by atoms with van der Waals surface area (Å²) in [6.45, 7) is 0. The molecule has 0 bridgehead atoms. The monoisotopic (exact) mass is 279 g/mol. The molecule has 0 spiro atoms. The number of carbonyl (C=O) groups is 1. The maximum Gasteiger partial charge on any atom is 0.335 e. The fourth-order valence-corrected chi connectivity index (χ4v) is 2.09. The molecule has 2 aromatic carbocycles. The van der Waals surface area contributed by atoms with Crippen LogP contribution in [0.15, 0.2) is 54.6 Å². The third-order valence-corrected chi connectivity index (χ3v) is 3.20. The van der Waals surface area contributed by atoms with Crippen LogP contribution >= 0.6 is 0 Å². The zero-order chi connectivity index (χ0) is 14.8. The Morgan fingerprint density at radius 3 is 2.52 bits per heavy atom. The van der Waals surface area contributed by atoms with E-state index in [-0.39, 0.29) is 5.56 Å². The molecular formula is C16H13N3O2. The number of carboxylic acid groups (broad SMARTS) is 1. The van der Waals surface area contributed by atoms with Gasteiger partial charge in [-0.05, 0) is 35.9 Å². The van der Waals surface area contributed by atoms with Crippen LogP contribution in [0.5, 0.6) is 0 Å². The zero-order valence-corrected chi connectivity index (χ0v) is 11.1. The molecular weight excluding hydrogens is 266 g/mol. The van der Waals surface area contributed by atoms with E-state index in [9.17, 15) is 4.79 Å². The van der Waals surface area contributed by atoms with E-state index in [0.29, 0.717) is 11.4 Å². The van der Waals surface area contributed by atoms with Crippen LogP contribution in [0.4, 0.5) is 5.69 Å². The van der Waals surface area contributed by atoms with E-state index >= 15 is 0 Å². The SMILES string of the molecule is Nc1ccc(-c2cc(-c3cccc(C(=O)O)c3)n[nH]2)cc1. The molecule has 0 radical (unpaired) electrons. The van der Waals surface area contributed by atoms with Gasteiger partial charge in [0.25, 0.3) is 0 Å². The Bertz CT molecular complexity index is 791. The van der Waals surface area contributed by atoms with Crippen molar-refractivity contribution in [3.05, 3.63) is 60.2 Å². The number of aromatic nitrogens is 2. The second-order valence-electron chi connectivity index (χ2n) is 4.67. The lowest BCUT2D eigenvalue weighted by Gasteiger charge is -1.98. The van der Waals surface area contributed by atoms with E-state index in [2.05, 4.69) is 10.2 Å². The second kappa shape index (κ2) is 5.13. The first kappa shape index (κ1) is 12.9. The highest BCUT2D eigenvalue weighted by Crippen LogP contribution is 2.25. The summed E-state index contributed by atoms with van der Waals surface area (Å²) in [7, 11) is 0. The number of hydrogen-bond donors (Lipinski definition) is 3. The van der Waals surface area contributed by atoms with Gasteiger partial charge in [0.05, 0.1) is 17.0 Å². The molecule has 0 fully saturated rings. The molecule has 0 saturated heterocycles. The maximum absolute atomic E-state index is 11.0. The van der Waals surface area contributed by atoms with E-state index in [0.717, 1.165) is 16.8 Å². The van der Waals surface area contributed by atoms with Crippen LogP contribution in [-0.2, 0) is 0 Å². The largest absolute Gasteiger partial charge is 0.478 e. The summed E-state index contributed by atoms with van der Waals surface area (Å²) in [5.41, 5.74) is 9.88. The summed E-state index contributed by atoms with van der Waals surface area (Å²) in [4.78, 5) is 11.0. The number of anilines is 1. The Morgan fingerprint density at radius 2 is 1.81 bits per heavy atom. The summed E-state index contributed by atoms with van der Waals surface area (Å²) in [5.74, 6) is -0.953. The number of nitrogens with zero attached hydrogens (tertiary/aromatic N) is 1. The molecule has 5 nitrogen and oxygen atoms in total. The van der Waals surface area contributed by atoms with Gasteiger partial charge in [0.2, 0.25) is 0 Å². The second-order valence-corrected chi connectivity index (χ2v) is 4.67. The highest BCUT2D eigenvalue weighted by Gasteiger charge is 2.08. The molecule has 3 aromatic rings. The van der Waals surface area contributed by atoms with Crippen LogP contribution in [0.25, 0.3) is 22.5 Å². The molecule has 0 saturated carbocycles. The molecule has 5 heteroatoms. The van der Waals surface area contributed by atoms with Crippen LogP contribution in [0.3, 0.4) is 0 Å². The number of rotatable bonds is 3. The minimum absolute atomic E-state index is 0.240.